The fourth-order valence-corrected chi connectivity index (χ4v) is 3.79. The first-order valence-corrected chi connectivity index (χ1v) is 11.8. The highest BCUT2D eigenvalue weighted by molar-refractivity contribution is 6.30. The first kappa shape index (κ1) is 25.9. The Morgan fingerprint density at radius 1 is 1.03 bits per heavy atom. The minimum Gasteiger partial charge on any atom is -0.349 e. The number of benzene rings is 2. The Labute approximate surface area is 218 Å². The third kappa shape index (κ3) is 6.53. The van der Waals surface area contributed by atoms with E-state index in [4.69, 9.17) is 11.6 Å². The van der Waals surface area contributed by atoms with Crippen molar-refractivity contribution in [3.63, 3.8) is 0 Å². The Balaban J connectivity index is 1.72. The van der Waals surface area contributed by atoms with Gasteiger partial charge in [0.15, 0.2) is 0 Å². The van der Waals surface area contributed by atoms with Gasteiger partial charge in [-0.3, -0.25) is 19.5 Å². The van der Waals surface area contributed by atoms with Crippen molar-refractivity contribution < 1.29 is 14.0 Å². The van der Waals surface area contributed by atoms with Gasteiger partial charge in [0.1, 0.15) is 18.4 Å². The number of rotatable bonds is 7. The maximum atomic E-state index is 13.8. The molecule has 37 heavy (non-hydrogen) atoms. The van der Waals surface area contributed by atoms with E-state index < -0.39 is 17.5 Å². The van der Waals surface area contributed by atoms with Crippen molar-refractivity contribution in [1.29, 1.82) is 0 Å². The molecule has 9 nitrogen and oxygen atoms in total. The molecule has 2 aromatic carbocycles. The second-order valence-electron chi connectivity index (χ2n) is 9.31. The summed E-state index contributed by atoms with van der Waals surface area (Å²) in [5.74, 6) is -0.987. The van der Waals surface area contributed by atoms with E-state index in [0.29, 0.717) is 21.8 Å². The van der Waals surface area contributed by atoms with Gasteiger partial charge in [-0.2, -0.15) is 4.80 Å². The van der Waals surface area contributed by atoms with Crippen LogP contribution >= 0.6 is 11.6 Å². The van der Waals surface area contributed by atoms with E-state index in [-0.39, 0.29) is 24.1 Å². The summed E-state index contributed by atoms with van der Waals surface area (Å²) in [6.07, 6.45) is 3.12. The highest BCUT2D eigenvalue weighted by Gasteiger charge is 2.34. The average Bonchev–Trinajstić information content (AvgIpc) is 3.31. The van der Waals surface area contributed by atoms with Gasteiger partial charge in [-0.1, -0.05) is 11.6 Å². The van der Waals surface area contributed by atoms with Crippen molar-refractivity contribution in [2.75, 3.05) is 4.90 Å². The first-order valence-electron chi connectivity index (χ1n) is 11.4. The van der Waals surface area contributed by atoms with Gasteiger partial charge in [-0.25, -0.2) is 4.39 Å². The lowest BCUT2D eigenvalue weighted by Gasteiger charge is -2.33. The van der Waals surface area contributed by atoms with Crippen molar-refractivity contribution in [2.24, 2.45) is 0 Å². The van der Waals surface area contributed by atoms with Crippen LogP contribution in [-0.2, 0) is 16.1 Å². The van der Waals surface area contributed by atoms with Crippen LogP contribution in [0.1, 0.15) is 32.4 Å². The number of nitrogens with zero attached hydrogens (tertiary/aromatic N) is 6. The number of hydrogen-bond donors (Lipinski definition) is 1. The number of carbonyl (C=O) groups is 2. The zero-order valence-electron chi connectivity index (χ0n) is 20.5. The van der Waals surface area contributed by atoms with Gasteiger partial charge in [0.2, 0.25) is 11.7 Å². The highest BCUT2D eigenvalue weighted by atomic mass is 35.5. The van der Waals surface area contributed by atoms with Gasteiger partial charge in [0.05, 0.1) is 0 Å². The molecule has 1 atom stereocenters. The van der Waals surface area contributed by atoms with Crippen molar-refractivity contribution in [3.8, 4) is 11.4 Å². The molecule has 0 bridgehead atoms. The molecule has 0 radical (unpaired) electrons. The lowest BCUT2D eigenvalue weighted by atomic mass is 10.0. The molecule has 4 aromatic rings. The van der Waals surface area contributed by atoms with Crippen molar-refractivity contribution in [2.45, 2.75) is 38.9 Å². The van der Waals surface area contributed by atoms with Crippen LogP contribution in [0.2, 0.25) is 5.02 Å². The van der Waals surface area contributed by atoms with Crippen molar-refractivity contribution in [3.05, 3.63) is 89.5 Å². The smallest absolute Gasteiger partial charge is 0.251 e. The summed E-state index contributed by atoms with van der Waals surface area (Å²) in [6, 6.07) is 14.6. The number of aromatic nitrogens is 5. The summed E-state index contributed by atoms with van der Waals surface area (Å²) in [5.41, 5.74) is 1.03. The Bertz CT molecular complexity index is 1370. The third-order valence-corrected chi connectivity index (χ3v) is 5.48. The predicted octanol–water partition coefficient (Wildman–Crippen LogP) is 4.22. The van der Waals surface area contributed by atoms with Crippen LogP contribution in [0.15, 0.2) is 73.1 Å². The zero-order valence-corrected chi connectivity index (χ0v) is 21.2. The minimum absolute atomic E-state index is 0.238. The normalized spacial score (nSPS) is 12.1. The lowest BCUT2D eigenvalue weighted by Crippen LogP contribution is -2.50. The summed E-state index contributed by atoms with van der Waals surface area (Å²) in [4.78, 5) is 33.9. The number of pyridine rings is 1. The largest absolute Gasteiger partial charge is 0.349 e. The third-order valence-electron chi connectivity index (χ3n) is 5.23. The first-order chi connectivity index (χ1) is 17.6. The molecule has 0 aliphatic carbocycles. The Morgan fingerprint density at radius 3 is 2.30 bits per heavy atom. The van der Waals surface area contributed by atoms with Crippen LogP contribution < -0.4 is 10.2 Å². The summed E-state index contributed by atoms with van der Waals surface area (Å²) in [7, 11) is 0. The molecule has 2 amide bonds. The molecular weight excluding hydrogens is 497 g/mol. The van der Waals surface area contributed by atoms with Gasteiger partial charge < -0.3 is 5.32 Å². The van der Waals surface area contributed by atoms with Gasteiger partial charge in [0, 0.05) is 34.2 Å². The molecule has 0 aliphatic heterocycles. The molecule has 0 saturated carbocycles. The number of tetrazole rings is 1. The molecule has 2 heterocycles. The number of carbonyl (C=O) groups excluding carboxylic acids is 2. The number of amides is 2. The summed E-state index contributed by atoms with van der Waals surface area (Å²) in [5, 5.41) is 15.7. The van der Waals surface area contributed by atoms with Crippen LogP contribution in [-0.4, -0.2) is 42.5 Å². The summed E-state index contributed by atoms with van der Waals surface area (Å²) >= 11 is 6.10. The maximum Gasteiger partial charge on any atom is 0.251 e. The minimum atomic E-state index is -1.02. The SMILES string of the molecule is CC(C)(C)NC(=O)C(c1ccncc1)N(C(=O)Cn1nnc(-c2ccc(F)cc2)n1)c1ccc(Cl)cc1. The zero-order chi connectivity index (χ0) is 26.6. The molecule has 0 aliphatic rings. The molecule has 4 rings (SSSR count). The predicted molar refractivity (Wildman–Crippen MR) is 137 cm³/mol. The fourth-order valence-electron chi connectivity index (χ4n) is 3.66. The van der Waals surface area contributed by atoms with Crippen molar-refractivity contribution >= 4 is 29.1 Å². The highest BCUT2D eigenvalue weighted by Crippen LogP contribution is 2.30. The lowest BCUT2D eigenvalue weighted by molar-refractivity contribution is -0.128. The topological polar surface area (TPSA) is 106 Å². The van der Waals surface area contributed by atoms with E-state index in [9.17, 15) is 14.0 Å². The molecule has 0 spiro atoms. The van der Waals surface area contributed by atoms with E-state index in [1.54, 1.807) is 48.8 Å². The standard InChI is InChI=1S/C26H25ClFN7O2/c1-26(2,3)30-25(37)23(17-12-14-29-15-13-17)35(21-10-6-19(27)7-11-21)22(36)16-34-32-24(31-33-34)18-4-8-20(28)9-5-18/h4-15,23H,16H2,1-3H3,(H,30,37). The molecule has 190 valence electrons. The maximum absolute atomic E-state index is 13.8. The van der Waals surface area contributed by atoms with Gasteiger partial charge >= 0.3 is 0 Å². The molecule has 2 aromatic heterocycles. The van der Waals surface area contributed by atoms with Crippen LogP contribution in [0, 0.1) is 5.82 Å². The second-order valence-corrected chi connectivity index (χ2v) is 9.75. The Hall–Kier alpha value is -4.18. The van der Waals surface area contributed by atoms with E-state index in [0.717, 1.165) is 4.80 Å². The van der Waals surface area contributed by atoms with Gasteiger partial charge in [-0.15, -0.1) is 10.2 Å². The van der Waals surface area contributed by atoms with Gasteiger partial charge in [-0.05, 0) is 92.2 Å². The monoisotopic (exact) mass is 521 g/mol. The van der Waals surface area contributed by atoms with E-state index in [2.05, 4.69) is 25.7 Å². The van der Waals surface area contributed by atoms with E-state index in [1.165, 1.54) is 29.2 Å². The number of hydrogen-bond acceptors (Lipinski definition) is 6. The number of anilines is 1. The van der Waals surface area contributed by atoms with Crippen LogP contribution in [0.3, 0.4) is 0 Å². The van der Waals surface area contributed by atoms with Crippen LogP contribution in [0.5, 0.6) is 0 Å². The fraction of sp³-hybridized carbons (Fsp3) is 0.231. The summed E-state index contributed by atoms with van der Waals surface area (Å²) < 4.78 is 13.3. The Kier molecular flexibility index (Phi) is 7.58. The molecule has 0 fully saturated rings. The Morgan fingerprint density at radius 2 is 1.68 bits per heavy atom. The molecule has 1 unspecified atom stereocenters. The van der Waals surface area contributed by atoms with Crippen LogP contribution in [0.25, 0.3) is 11.4 Å². The summed E-state index contributed by atoms with van der Waals surface area (Å²) in [6.45, 7) is 5.28. The van der Waals surface area contributed by atoms with Gasteiger partial charge in [0.25, 0.3) is 5.91 Å². The quantitative estimate of drug-likeness (QED) is 0.390. The van der Waals surface area contributed by atoms with Crippen molar-refractivity contribution in [1.82, 2.24) is 30.5 Å². The van der Waals surface area contributed by atoms with E-state index in [1.807, 2.05) is 20.8 Å². The molecule has 11 heteroatoms. The van der Waals surface area contributed by atoms with E-state index >= 15 is 0 Å². The van der Waals surface area contributed by atoms with Crippen LogP contribution in [0.4, 0.5) is 10.1 Å². The molecular formula is C26H25ClFN7O2. The molecule has 1 N–H and O–H groups in total. The second kappa shape index (κ2) is 10.8. The molecule has 0 saturated heterocycles. The number of nitrogens with one attached hydrogen (secondary N) is 1. The average molecular weight is 522 g/mol. The number of halogens is 2.